The molecule has 2 heteroatoms. The van der Waals surface area contributed by atoms with Gasteiger partial charge in [-0.05, 0) is 102 Å². The number of aromatic hydroxyl groups is 1. The lowest BCUT2D eigenvalue weighted by Gasteiger charge is -2.65. The molecule has 2 atom stereocenters. The number of anilines is 1. The molecular weight excluding hydrogens is 366 g/mol. The van der Waals surface area contributed by atoms with Gasteiger partial charge in [0, 0.05) is 11.1 Å². The Balaban J connectivity index is 1.56. The monoisotopic (exact) mass is 395 g/mol. The van der Waals surface area contributed by atoms with Crippen molar-refractivity contribution in [2.75, 3.05) is 5.73 Å². The predicted octanol–water partition coefficient (Wildman–Crippen LogP) is 5.63. The van der Waals surface area contributed by atoms with E-state index in [0.717, 1.165) is 17.0 Å². The number of phenols is 1. The maximum absolute atomic E-state index is 10.3. The first-order valence-electron chi connectivity index (χ1n) is 11.0. The van der Waals surface area contributed by atoms with Crippen molar-refractivity contribution in [2.24, 2.45) is 16.7 Å². The first-order valence-corrected chi connectivity index (χ1v) is 11.0. The summed E-state index contributed by atoms with van der Waals surface area (Å²) in [7, 11) is 0. The molecule has 3 N–H and O–H groups in total. The van der Waals surface area contributed by atoms with E-state index in [9.17, 15) is 5.11 Å². The van der Waals surface area contributed by atoms with Gasteiger partial charge in [-0.2, -0.15) is 0 Å². The quantitative estimate of drug-likeness (QED) is 0.374. The van der Waals surface area contributed by atoms with E-state index in [1.807, 2.05) is 36.4 Å². The first-order chi connectivity index (χ1) is 14.3. The van der Waals surface area contributed by atoms with Crippen LogP contribution in [0.4, 0.5) is 5.69 Å². The lowest BCUT2D eigenvalue weighted by molar-refractivity contribution is -0.110. The van der Waals surface area contributed by atoms with Gasteiger partial charge in [0.05, 0.1) is 5.69 Å². The van der Waals surface area contributed by atoms with Gasteiger partial charge in [0.15, 0.2) is 0 Å². The fourth-order valence-corrected chi connectivity index (χ4v) is 7.62. The second-order valence-corrected chi connectivity index (χ2v) is 10.7. The summed E-state index contributed by atoms with van der Waals surface area (Å²) in [6, 6.07) is 13.6. The number of benzene rings is 2. The van der Waals surface area contributed by atoms with Crippen LogP contribution in [-0.4, -0.2) is 5.11 Å². The van der Waals surface area contributed by atoms with Gasteiger partial charge in [0.25, 0.3) is 0 Å². The van der Waals surface area contributed by atoms with Crippen molar-refractivity contribution in [3.8, 4) is 29.4 Å². The molecule has 4 saturated carbocycles. The van der Waals surface area contributed by atoms with E-state index < -0.39 is 0 Å². The fraction of sp³-hybridized carbons (Fsp3) is 0.429. The summed E-state index contributed by atoms with van der Waals surface area (Å²) in [6.45, 7) is 4.95. The van der Waals surface area contributed by atoms with Crippen LogP contribution in [0.5, 0.6) is 5.75 Å². The van der Waals surface area contributed by atoms with Crippen molar-refractivity contribution < 1.29 is 5.11 Å². The van der Waals surface area contributed by atoms with E-state index in [2.05, 4.69) is 37.5 Å². The van der Waals surface area contributed by atoms with E-state index in [0.29, 0.717) is 16.5 Å². The van der Waals surface area contributed by atoms with Crippen molar-refractivity contribution in [2.45, 2.75) is 57.8 Å². The van der Waals surface area contributed by atoms with E-state index in [-0.39, 0.29) is 11.2 Å². The first kappa shape index (κ1) is 19.1. The zero-order valence-corrected chi connectivity index (χ0v) is 17.9. The summed E-state index contributed by atoms with van der Waals surface area (Å²) in [6.07, 6.45) is 7.63. The minimum atomic E-state index is 0.112. The maximum Gasteiger partial charge on any atom is 0.139 e. The number of phenolic OH excluding ortho intramolecular Hbond substituents is 1. The van der Waals surface area contributed by atoms with Gasteiger partial charge in [-0.15, -0.1) is 0 Å². The van der Waals surface area contributed by atoms with Crippen LogP contribution in [-0.2, 0) is 5.41 Å². The van der Waals surface area contributed by atoms with Crippen molar-refractivity contribution >= 4 is 5.69 Å². The largest absolute Gasteiger partial charge is 0.506 e. The average Bonchev–Trinajstić information content (AvgIpc) is 2.65. The van der Waals surface area contributed by atoms with E-state index >= 15 is 0 Å². The number of nitrogens with two attached hydrogens (primary N) is 1. The zero-order chi connectivity index (χ0) is 21.0. The second kappa shape index (κ2) is 6.58. The molecule has 0 spiro atoms. The van der Waals surface area contributed by atoms with Gasteiger partial charge in [-0.3, -0.25) is 0 Å². The molecule has 2 nitrogen and oxygen atoms in total. The fourth-order valence-electron chi connectivity index (χ4n) is 7.62. The summed E-state index contributed by atoms with van der Waals surface area (Å²) in [4.78, 5) is 0. The van der Waals surface area contributed by atoms with Gasteiger partial charge in [0.1, 0.15) is 5.75 Å². The Hall–Kier alpha value is -2.84. The Morgan fingerprint density at radius 2 is 1.57 bits per heavy atom. The zero-order valence-electron chi connectivity index (χ0n) is 17.9. The summed E-state index contributed by atoms with van der Waals surface area (Å²) in [5.41, 5.74) is 10.6. The number of rotatable bonds is 1. The summed E-state index contributed by atoms with van der Waals surface area (Å²) >= 11 is 0. The van der Waals surface area contributed by atoms with E-state index in [4.69, 9.17) is 5.73 Å². The minimum absolute atomic E-state index is 0.112. The maximum atomic E-state index is 10.3. The Labute approximate surface area is 179 Å². The molecule has 2 aromatic rings. The summed E-state index contributed by atoms with van der Waals surface area (Å²) in [5, 5.41) is 10.3. The van der Waals surface area contributed by atoms with Crippen LogP contribution < -0.4 is 5.73 Å². The topological polar surface area (TPSA) is 46.2 Å². The van der Waals surface area contributed by atoms with Crippen molar-refractivity contribution in [1.82, 2.24) is 0 Å². The van der Waals surface area contributed by atoms with Gasteiger partial charge in [0.2, 0.25) is 0 Å². The van der Waals surface area contributed by atoms with E-state index in [1.165, 1.54) is 44.1 Å². The van der Waals surface area contributed by atoms with Gasteiger partial charge in [-0.1, -0.05) is 43.9 Å². The average molecular weight is 396 g/mol. The predicted molar refractivity (Wildman–Crippen MR) is 122 cm³/mol. The number of hydrogen-bond acceptors (Lipinski definition) is 2. The Morgan fingerprint density at radius 1 is 0.900 bits per heavy atom. The lowest BCUT2D eigenvalue weighted by Crippen LogP contribution is -2.57. The number of nitrogen functional groups attached to an aromatic ring is 1. The third-order valence-electron chi connectivity index (χ3n) is 7.60. The molecule has 0 heterocycles. The SMILES string of the molecule is CC12CC3CC(C)(C1)CC(c1cc(N)c(O)cc1C#CC#Cc1ccccc1)(C3)C2. The molecule has 6 rings (SSSR count). The highest BCUT2D eigenvalue weighted by molar-refractivity contribution is 5.62. The van der Waals surface area contributed by atoms with Gasteiger partial charge >= 0.3 is 0 Å². The molecule has 4 aliphatic carbocycles. The molecule has 0 aromatic heterocycles. The molecule has 0 radical (unpaired) electrons. The number of hydrogen-bond donors (Lipinski definition) is 2. The third-order valence-corrected chi connectivity index (χ3v) is 7.60. The van der Waals surface area contributed by atoms with Crippen LogP contribution in [0, 0.1) is 40.4 Å². The standard InChI is InChI=1S/C28H29NO/c1-26-14-21-15-27(2,17-26)19-28(16-21,18-26)23-13-24(29)25(30)12-22(23)11-7-6-10-20-8-4-3-5-9-20/h3-5,8-9,12-13,21,30H,14-19,29H2,1-2H3. The summed E-state index contributed by atoms with van der Waals surface area (Å²) < 4.78 is 0. The molecule has 4 bridgehead atoms. The molecule has 4 aliphatic rings. The minimum Gasteiger partial charge on any atom is -0.506 e. The van der Waals surface area contributed by atoms with Crippen LogP contribution in [0.1, 0.15) is 69.1 Å². The van der Waals surface area contributed by atoms with Crippen molar-refractivity contribution in [3.05, 3.63) is 59.2 Å². The molecule has 152 valence electrons. The normalized spacial score (nSPS) is 33.3. The van der Waals surface area contributed by atoms with Gasteiger partial charge in [-0.25, -0.2) is 0 Å². The molecule has 0 amide bonds. The third kappa shape index (κ3) is 3.26. The van der Waals surface area contributed by atoms with Gasteiger partial charge < -0.3 is 10.8 Å². The highest BCUT2D eigenvalue weighted by Gasteiger charge is 2.60. The van der Waals surface area contributed by atoms with Crippen LogP contribution in [0.3, 0.4) is 0 Å². The molecule has 2 unspecified atom stereocenters. The molecule has 30 heavy (non-hydrogen) atoms. The highest BCUT2D eigenvalue weighted by atomic mass is 16.3. The van der Waals surface area contributed by atoms with E-state index in [1.54, 1.807) is 6.07 Å². The van der Waals surface area contributed by atoms with Crippen molar-refractivity contribution in [1.29, 1.82) is 0 Å². The second-order valence-electron chi connectivity index (χ2n) is 10.7. The molecular formula is C28H29NO. The molecule has 0 aliphatic heterocycles. The Kier molecular flexibility index (Phi) is 4.20. The van der Waals surface area contributed by atoms with Crippen LogP contribution in [0.2, 0.25) is 0 Å². The highest BCUT2D eigenvalue weighted by Crippen LogP contribution is 2.70. The van der Waals surface area contributed by atoms with Crippen LogP contribution >= 0.6 is 0 Å². The Morgan fingerprint density at radius 3 is 2.23 bits per heavy atom. The lowest BCUT2D eigenvalue weighted by atomic mass is 9.39. The smallest absolute Gasteiger partial charge is 0.139 e. The summed E-state index contributed by atoms with van der Waals surface area (Å²) in [5.74, 6) is 13.3. The molecule has 2 aromatic carbocycles. The molecule has 0 saturated heterocycles. The Bertz CT molecular complexity index is 1110. The van der Waals surface area contributed by atoms with Crippen molar-refractivity contribution in [3.63, 3.8) is 0 Å². The van der Waals surface area contributed by atoms with Crippen LogP contribution in [0.15, 0.2) is 42.5 Å². The van der Waals surface area contributed by atoms with Crippen LogP contribution in [0.25, 0.3) is 0 Å². The molecule has 4 fully saturated rings.